The Labute approximate surface area is 99.1 Å². The maximum Gasteiger partial charge on any atom is 0.331 e. The van der Waals surface area contributed by atoms with Crippen LogP contribution in [0.3, 0.4) is 0 Å². The average molecular weight is 224 g/mol. The smallest absolute Gasteiger partial charge is 0.331 e. The lowest BCUT2D eigenvalue weighted by atomic mass is 10.1. The number of carboxylic acids is 1. The predicted octanol–water partition coefficient (Wildman–Crippen LogP) is 4.32. The van der Waals surface area contributed by atoms with Gasteiger partial charge in [0.2, 0.25) is 0 Å². The summed E-state index contributed by atoms with van der Waals surface area (Å²) in [6.07, 6.45) is 13.0. The number of carboxylic acid groups (broad SMARTS) is 1. The second-order valence-corrected chi connectivity index (χ2v) is 4.02. The summed E-state index contributed by atoms with van der Waals surface area (Å²) in [5.74, 6) is -0.786. The summed E-state index contributed by atoms with van der Waals surface area (Å²) < 4.78 is 0. The van der Waals surface area contributed by atoms with Crippen molar-refractivity contribution in [2.24, 2.45) is 0 Å². The molecule has 2 nitrogen and oxygen atoms in total. The van der Waals surface area contributed by atoms with Crippen molar-refractivity contribution in [2.75, 3.05) is 0 Å². The van der Waals surface area contributed by atoms with Gasteiger partial charge in [-0.1, -0.05) is 51.3 Å². The third kappa shape index (κ3) is 8.27. The van der Waals surface area contributed by atoms with Crippen LogP contribution >= 0.6 is 0 Å². The van der Waals surface area contributed by atoms with Gasteiger partial charge in [-0.15, -0.1) is 0 Å². The molecule has 0 heterocycles. The van der Waals surface area contributed by atoms with Crippen LogP contribution in [-0.2, 0) is 4.79 Å². The molecule has 0 amide bonds. The van der Waals surface area contributed by atoms with E-state index in [2.05, 4.69) is 19.9 Å². The molecule has 0 saturated heterocycles. The highest BCUT2D eigenvalue weighted by molar-refractivity contribution is 5.86. The van der Waals surface area contributed by atoms with E-state index in [1.54, 1.807) is 6.08 Å². The summed E-state index contributed by atoms with van der Waals surface area (Å²) in [7, 11) is 0. The Balaban J connectivity index is 3.97. The highest BCUT2D eigenvalue weighted by atomic mass is 16.4. The molecule has 0 aromatic heterocycles. The molecule has 0 fully saturated rings. The second-order valence-electron chi connectivity index (χ2n) is 4.02. The zero-order valence-electron chi connectivity index (χ0n) is 10.5. The SMILES string of the molecule is CCCCC/C=C\C=C(/CCCC)C(=O)O. The molecule has 2 heteroatoms. The molecule has 0 atom stereocenters. The molecule has 0 aliphatic rings. The highest BCUT2D eigenvalue weighted by Gasteiger charge is 2.04. The van der Waals surface area contributed by atoms with E-state index in [0.29, 0.717) is 12.0 Å². The molecule has 0 aromatic carbocycles. The maximum atomic E-state index is 10.9. The Kier molecular flexibility index (Phi) is 9.78. The van der Waals surface area contributed by atoms with Gasteiger partial charge in [0.25, 0.3) is 0 Å². The van der Waals surface area contributed by atoms with Gasteiger partial charge in [-0.05, 0) is 25.7 Å². The normalized spacial score (nSPS) is 12.2. The first-order valence-corrected chi connectivity index (χ1v) is 6.31. The summed E-state index contributed by atoms with van der Waals surface area (Å²) in [6, 6.07) is 0. The number of unbranched alkanes of at least 4 members (excludes halogenated alkanes) is 4. The minimum Gasteiger partial charge on any atom is -0.478 e. The molecule has 0 saturated carbocycles. The zero-order chi connectivity index (χ0) is 12.2. The summed E-state index contributed by atoms with van der Waals surface area (Å²) in [5, 5.41) is 8.94. The molecule has 1 N–H and O–H groups in total. The van der Waals surface area contributed by atoms with Crippen molar-refractivity contribution in [3.05, 3.63) is 23.8 Å². The minimum absolute atomic E-state index is 0.522. The minimum atomic E-state index is -0.786. The lowest BCUT2D eigenvalue weighted by Gasteiger charge is -1.98. The van der Waals surface area contributed by atoms with Crippen molar-refractivity contribution < 1.29 is 9.90 Å². The van der Waals surface area contributed by atoms with E-state index in [0.717, 1.165) is 19.3 Å². The van der Waals surface area contributed by atoms with Crippen molar-refractivity contribution in [2.45, 2.75) is 58.8 Å². The van der Waals surface area contributed by atoms with Crippen LogP contribution in [0.5, 0.6) is 0 Å². The van der Waals surface area contributed by atoms with Gasteiger partial charge in [0.15, 0.2) is 0 Å². The van der Waals surface area contributed by atoms with E-state index in [1.807, 2.05) is 6.08 Å². The number of hydrogen-bond donors (Lipinski definition) is 1. The van der Waals surface area contributed by atoms with Crippen LogP contribution in [0.25, 0.3) is 0 Å². The maximum absolute atomic E-state index is 10.9. The molecule has 0 radical (unpaired) electrons. The van der Waals surface area contributed by atoms with Crippen LogP contribution in [0.1, 0.15) is 58.8 Å². The van der Waals surface area contributed by atoms with Crippen LogP contribution in [0.4, 0.5) is 0 Å². The van der Waals surface area contributed by atoms with E-state index >= 15 is 0 Å². The third-order valence-electron chi connectivity index (χ3n) is 2.48. The second kappa shape index (κ2) is 10.5. The molecule has 16 heavy (non-hydrogen) atoms. The van der Waals surface area contributed by atoms with Gasteiger partial charge in [-0.3, -0.25) is 0 Å². The molecule has 0 rings (SSSR count). The number of hydrogen-bond acceptors (Lipinski definition) is 1. The van der Waals surface area contributed by atoms with Crippen LogP contribution in [0.15, 0.2) is 23.8 Å². The standard InChI is InChI=1S/C14H24O2/c1-3-5-7-8-9-10-12-13(14(15)16)11-6-4-2/h9-10,12H,3-8,11H2,1-2H3,(H,15,16)/b10-9-,13-12+. The van der Waals surface area contributed by atoms with E-state index in [4.69, 9.17) is 5.11 Å². The number of rotatable bonds is 9. The van der Waals surface area contributed by atoms with Gasteiger partial charge in [0, 0.05) is 5.57 Å². The van der Waals surface area contributed by atoms with Crippen molar-refractivity contribution >= 4 is 5.97 Å². The first-order valence-electron chi connectivity index (χ1n) is 6.31. The molecular weight excluding hydrogens is 200 g/mol. The summed E-state index contributed by atoms with van der Waals surface area (Å²) in [6.45, 7) is 4.25. The molecule has 0 aliphatic heterocycles. The summed E-state index contributed by atoms with van der Waals surface area (Å²) in [5.41, 5.74) is 0.522. The van der Waals surface area contributed by atoms with Crippen LogP contribution in [0, 0.1) is 0 Å². The summed E-state index contributed by atoms with van der Waals surface area (Å²) >= 11 is 0. The molecule has 0 unspecified atom stereocenters. The monoisotopic (exact) mass is 224 g/mol. The Bertz CT molecular complexity index is 239. The Hall–Kier alpha value is -1.05. The van der Waals surface area contributed by atoms with Crippen LogP contribution in [0.2, 0.25) is 0 Å². The fourth-order valence-corrected chi connectivity index (χ4v) is 1.42. The molecular formula is C14H24O2. The van der Waals surface area contributed by atoms with Gasteiger partial charge in [-0.2, -0.15) is 0 Å². The van der Waals surface area contributed by atoms with Crippen LogP contribution < -0.4 is 0 Å². The first kappa shape index (κ1) is 14.9. The van der Waals surface area contributed by atoms with E-state index < -0.39 is 5.97 Å². The van der Waals surface area contributed by atoms with Gasteiger partial charge >= 0.3 is 5.97 Å². The van der Waals surface area contributed by atoms with Crippen molar-refractivity contribution in [3.8, 4) is 0 Å². The Morgan fingerprint density at radius 3 is 2.38 bits per heavy atom. The summed E-state index contributed by atoms with van der Waals surface area (Å²) in [4.78, 5) is 10.9. The van der Waals surface area contributed by atoms with E-state index in [9.17, 15) is 4.79 Å². The van der Waals surface area contributed by atoms with E-state index in [1.165, 1.54) is 19.3 Å². The molecule has 0 spiro atoms. The van der Waals surface area contributed by atoms with Crippen molar-refractivity contribution in [3.63, 3.8) is 0 Å². The zero-order valence-corrected chi connectivity index (χ0v) is 10.5. The first-order chi connectivity index (χ1) is 7.72. The molecule has 92 valence electrons. The van der Waals surface area contributed by atoms with Gasteiger partial charge in [0.1, 0.15) is 0 Å². The fourth-order valence-electron chi connectivity index (χ4n) is 1.42. The van der Waals surface area contributed by atoms with Gasteiger partial charge in [0.05, 0.1) is 0 Å². The van der Waals surface area contributed by atoms with Gasteiger partial charge in [-0.25, -0.2) is 4.79 Å². The topological polar surface area (TPSA) is 37.3 Å². The van der Waals surface area contributed by atoms with Crippen molar-refractivity contribution in [1.29, 1.82) is 0 Å². The Morgan fingerprint density at radius 1 is 1.12 bits per heavy atom. The fraction of sp³-hybridized carbons (Fsp3) is 0.643. The molecule has 0 bridgehead atoms. The number of allylic oxidation sites excluding steroid dienone is 3. The van der Waals surface area contributed by atoms with E-state index in [-0.39, 0.29) is 0 Å². The molecule has 0 aromatic rings. The van der Waals surface area contributed by atoms with Crippen LogP contribution in [-0.4, -0.2) is 11.1 Å². The average Bonchev–Trinajstić information content (AvgIpc) is 2.26. The third-order valence-corrected chi connectivity index (χ3v) is 2.48. The number of carbonyl (C=O) groups is 1. The van der Waals surface area contributed by atoms with Gasteiger partial charge < -0.3 is 5.11 Å². The molecule has 0 aliphatic carbocycles. The number of aliphatic carboxylic acids is 1. The lowest BCUT2D eigenvalue weighted by Crippen LogP contribution is -1.99. The Morgan fingerprint density at radius 2 is 1.81 bits per heavy atom. The predicted molar refractivity (Wildman–Crippen MR) is 68.5 cm³/mol. The largest absolute Gasteiger partial charge is 0.478 e. The van der Waals surface area contributed by atoms with Crippen molar-refractivity contribution in [1.82, 2.24) is 0 Å². The quantitative estimate of drug-likeness (QED) is 0.359. The highest BCUT2D eigenvalue weighted by Crippen LogP contribution is 2.08. The lowest BCUT2D eigenvalue weighted by molar-refractivity contribution is -0.132.